The Balaban J connectivity index is 2.64. The molecule has 14 heavy (non-hydrogen) atoms. The van der Waals surface area contributed by atoms with E-state index in [0.717, 1.165) is 5.69 Å². The Morgan fingerprint density at radius 1 is 1.57 bits per heavy atom. The van der Waals surface area contributed by atoms with Crippen LogP contribution in [0.5, 0.6) is 0 Å². The van der Waals surface area contributed by atoms with Gasteiger partial charge in [0.1, 0.15) is 0 Å². The average Bonchev–Trinajstić information content (AvgIpc) is 2.52. The molecule has 78 valence electrons. The van der Waals surface area contributed by atoms with Gasteiger partial charge in [0, 0.05) is 19.5 Å². The van der Waals surface area contributed by atoms with Gasteiger partial charge in [0.25, 0.3) is 0 Å². The number of urea groups is 1. The molecular weight excluding hydrogens is 198 g/mol. The molecule has 2 amide bonds. The first kappa shape index (κ1) is 11.0. The summed E-state index contributed by atoms with van der Waals surface area (Å²) in [6.45, 7) is 4.15. The Morgan fingerprint density at radius 3 is 2.64 bits per heavy atom. The van der Waals surface area contributed by atoms with E-state index in [1.165, 1.54) is 16.2 Å². The van der Waals surface area contributed by atoms with Crippen LogP contribution in [0, 0.1) is 0 Å². The lowest BCUT2D eigenvalue weighted by Gasteiger charge is -2.09. The van der Waals surface area contributed by atoms with Gasteiger partial charge in [-0.1, -0.05) is 13.8 Å². The summed E-state index contributed by atoms with van der Waals surface area (Å²) in [5.41, 5.74) is 1.02. The van der Waals surface area contributed by atoms with E-state index < -0.39 is 0 Å². The van der Waals surface area contributed by atoms with Gasteiger partial charge in [-0.2, -0.15) is 0 Å². The van der Waals surface area contributed by atoms with Gasteiger partial charge < -0.3 is 4.90 Å². The van der Waals surface area contributed by atoms with Crippen molar-refractivity contribution < 1.29 is 4.79 Å². The quantitative estimate of drug-likeness (QED) is 0.819. The second-order valence-electron chi connectivity index (χ2n) is 3.56. The number of hydrogen-bond donors (Lipinski definition) is 1. The van der Waals surface area contributed by atoms with Gasteiger partial charge >= 0.3 is 6.03 Å². The Morgan fingerprint density at radius 2 is 2.21 bits per heavy atom. The summed E-state index contributed by atoms with van der Waals surface area (Å²) in [6, 6.07) is -0.144. The number of carbonyl (C=O) groups excluding carboxylic acids is 1. The van der Waals surface area contributed by atoms with Gasteiger partial charge in [-0.15, -0.1) is 11.3 Å². The number of hydrogen-bond acceptors (Lipinski definition) is 3. The second kappa shape index (κ2) is 4.41. The van der Waals surface area contributed by atoms with Crippen LogP contribution in [0.1, 0.15) is 25.5 Å². The normalized spacial score (nSPS) is 10.4. The number of amides is 2. The Hall–Kier alpha value is -1.10. The number of thiazole rings is 1. The molecule has 0 aliphatic carbocycles. The summed E-state index contributed by atoms with van der Waals surface area (Å²) >= 11 is 1.45. The highest BCUT2D eigenvalue weighted by atomic mass is 32.1. The predicted molar refractivity (Wildman–Crippen MR) is 58.9 cm³/mol. The van der Waals surface area contributed by atoms with Crippen molar-refractivity contribution in [3.63, 3.8) is 0 Å². The predicted octanol–water partition coefficient (Wildman–Crippen LogP) is 2.36. The molecule has 0 saturated carbocycles. The van der Waals surface area contributed by atoms with Gasteiger partial charge in [0.15, 0.2) is 5.13 Å². The zero-order valence-electron chi connectivity index (χ0n) is 8.87. The number of aromatic nitrogens is 1. The first-order valence-electron chi connectivity index (χ1n) is 4.44. The van der Waals surface area contributed by atoms with Crippen LogP contribution >= 0.6 is 11.3 Å². The minimum atomic E-state index is -0.144. The number of nitrogens with zero attached hydrogens (tertiary/aromatic N) is 2. The van der Waals surface area contributed by atoms with Crippen molar-refractivity contribution in [1.29, 1.82) is 0 Å². The van der Waals surface area contributed by atoms with Crippen molar-refractivity contribution in [2.24, 2.45) is 0 Å². The van der Waals surface area contributed by atoms with Crippen LogP contribution in [0.4, 0.5) is 9.93 Å². The molecule has 0 spiro atoms. The lowest BCUT2D eigenvalue weighted by atomic mass is 10.2. The van der Waals surface area contributed by atoms with Gasteiger partial charge in [-0.05, 0) is 5.92 Å². The lowest BCUT2D eigenvalue weighted by molar-refractivity contribution is 0.230. The highest BCUT2D eigenvalue weighted by Gasteiger charge is 2.09. The topological polar surface area (TPSA) is 45.2 Å². The average molecular weight is 213 g/mol. The zero-order chi connectivity index (χ0) is 10.7. The summed E-state index contributed by atoms with van der Waals surface area (Å²) in [4.78, 5) is 17.0. The Labute approximate surface area is 88.0 Å². The van der Waals surface area contributed by atoms with E-state index in [4.69, 9.17) is 0 Å². The van der Waals surface area contributed by atoms with Crippen LogP contribution < -0.4 is 5.32 Å². The SMILES string of the molecule is CC(C)c1csc(NC(=O)N(C)C)n1. The summed E-state index contributed by atoms with van der Waals surface area (Å²) in [5.74, 6) is 0.399. The Kier molecular flexibility index (Phi) is 3.46. The van der Waals surface area contributed by atoms with Gasteiger partial charge in [0.2, 0.25) is 0 Å². The molecule has 0 aromatic carbocycles. The molecule has 0 atom stereocenters. The summed E-state index contributed by atoms with van der Waals surface area (Å²) in [7, 11) is 3.40. The Bertz CT molecular complexity index is 320. The third-order valence-corrected chi connectivity index (χ3v) is 2.51. The van der Waals surface area contributed by atoms with Gasteiger partial charge in [-0.3, -0.25) is 5.32 Å². The summed E-state index contributed by atoms with van der Waals surface area (Å²) in [6.07, 6.45) is 0. The highest BCUT2D eigenvalue weighted by molar-refractivity contribution is 7.13. The smallest absolute Gasteiger partial charge is 0.323 e. The second-order valence-corrected chi connectivity index (χ2v) is 4.41. The molecule has 1 N–H and O–H groups in total. The van der Waals surface area contributed by atoms with Crippen LogP contribution in [0.3, 0.4) is 0 Å². The number of nitrogens with one attached hydrogen (secondary N) is 1. The first-order chi connectivity index (χ1) is 6.50. The van der Waals surface area contributed by atoms with Crippen molar-refractivity contribution in [1.82, 2.24) is 9.88 Å². The van der Waals surface area contributed by atoms with Crippen LogP contribution in [0.15, 0.2) is 5.38 Å². The molecule has 1 heterocycles. The summed E-state index contributed by atoms with van der Waals surface area (Å²) in [5, 5.41) is 5.34. The molecule has 0 bridgehead atoms. The van der Waals surface area contributed by atoms with Crippen LogP contribution in [0.25, 0.3) is 0 Å². The van der Waals surface area contributed by atoms with Gasteiger partial charge in [-0.25, -0.2) is 9.78 Å². The fourth-order valence-corrected chi connectivity index (χ4v) is 1.67. The van der Waals surface area contributed by atoms with Crippen molar-refractivity contribution in [2.75, 3.05) is 19.4 Å². The molecule has 0 unspecified atom stereocenters. The molecule has 1 rings (SSSR count). The minimum absolute atomic E-state index is 0.144. The van der Waals surface area contributed by atoms with E-state index in [2.05, 4.69) is 24.1 Å². The van der Waals surface area contributed by atoms with E-state index in [-0.39, 0.29) is 6.03 Å². The lowest BCUT2D eigenvalue weighted by Crippen LogP contribution is -2.27. The maximum absolute atomic E-state index is 11.3. The fourth-order valence-electron chi connectivity index (χ4n) is 0.812. The maximum atomic E-state index is 11.3. The number of carbonyl (C=O) groups is 1. The van der Waals surface area contributed by atoms with E-state index >= 15 is 0 Å². The molecule has 0 aliphatic heterocycles. The molecule has 0 saturated heterocycles. The largest absolute Gasteiger partial charge is 0.331 e. The van der Waals surface area contributed by atoms with Crippen LogP contribution in [-0.2, 0) is 0 Å². The molecular formula is C9H15N3OS. The minimum Gasteiger partial charge on any atom is -0.331 e. The van der Waals surface area contributed by atoms with E-state index in [9.17, 15) is 4.79 Å². The van der Waals surface area contributed by atoms with Crippen molar-refractivity contribution >= 4 is 22.5 Å². The summed E-state index contributed by atoms with van der Waals surface area (Å²) < 4.78 is 0. The fraction of sp³-hybridized carbons (Fsp3) is 0.556. The monoisotopic (exact) mass is 213 g/mol. The molecule has 4 nitrogen and oxygen atoms in total. The molecule has 0 aliphatic rings. The molecule has 1 aromatic rings. The van der Waals surface area contributed by atoms with Gasteiger partial charge in [0.05, 0.1) is 5.69 Å². The molecule has 0 radical (unpaired) electrons. The third kappa shape index (κ3) is 2.70. The molecule has 1 aromatic heterocycles. The number of rotatable bonds is 2. The third-order valence-electron chi connectivity index (χ3n) is 1.73. The standard InChI is InChI=1S/C9H15N3OS/c1-6(2)7-5-14-8(10-7)11-9(13)12(3)4/h5-6H,1-4H3,(H,10,11,13). The van der Waals surface area contributed by atoms with E-state index in [1.54, 1.807) is 14.1 Å². The van der Waals surface area contributed by atoms with Crippen LogP contribution in [-0.4, -0.2) is 30.0 Å². The molecule has 0 fully saturated rings. The molecule has 5 heteroatoms. The van der Waals surface area contributed by atoms with Crippen molar-refractivity contribution in [3.8, 4) is 0 Å². The zero-order valence-corrected chi connectivity index (χ0v) is 9.68. The highest BCUT2D eigenvalue weighted by Crippen LogP contribution is 2.21. The van der Waals surface area contributed by atoms with Crippen LogP contribution in [0.2, 0.25) is 0 Å². The van der Waals surface area contributed by atoms with Crippen molar-refractivity contribution in [3.05, 3.63) is 11.1 Å². The van der Waals surface area contributed by atoms with Crippen molar-refractivity contribution in [2.45, 2.75) is 19.8 Å². The van der Waals surface area contributed by atoms with E-state index in [0.29, 0.717) is 11.0 Å². The van der Waals surface area contributed by atoms with E-state index in [1.807, 2.05) is 5.38 Å². The maximum Gasteiger partial charge on any atom is 0.323 e. The number of anilines is 1. The first-order valence-corrected chi connectivity index (χ1v) is 5.32.